The van der Waals surface area contributed by atoms with Gasteiger partial charge in [0.25, 0.3) is 5.56 Å². The predicted octanol–water partition coefficient (Wildman–Crippen LogP) is 2.21. The zero-order valence-electron chi connectivity index (χ0n) is 11.9. The molecule has 0 fully saturated rings. The number of benzene rings is 1. The lowest BCUT2D eigenvalue weighted by Gasteiger charge is -2.08. The molecule has 2 heterocycles. The molecule has 0 amide bonds. The maximum Gasteiger partial charge on any atom is 0.268 e. The van der Waals surface area contributed by atoms with Gasteiger partial charge in [-0.3, -0.25) is 4.79 Å². The summed E-state index contributed by atoms with van der Waals surface area (Å²) in [5, 5.41) is 9.04. The van der Waals surface area contributed by atoms with Crippen LogP contribution in [0.5, 0.6) is 5.75 Å². The van der Waals surface area contributed by atoms with Crippen LogP contribution in [0.4, 0.5) is 0 Å². The second-order valence-corrected chi connectivity index (χ2v) is 5.27. The van der Waals surface area contributed by atoms with Crippen molar-refractivity contribution in [3.63, 3.8) is 0 Å². The van der Waals surface area contributed by atoms with Gasteiger partial charge in [0, 0.05) is 19.2 Å². The maximum absolute atomic E-state index is 12.1. The quantitative estimate of drug-likeness (QED) is 0.866. The largest absolute Gasteiger partial charge is 0.493 e. The number of rotatable bonds is 3. The van der Waals surface area contributed by atoms with Crippen LogP contribution in [0.1, 0.15) is 22.3 Å². The van der Waals surface area contributed by atoms with Crippen molar-refractivity contribution in [3.8, 4) is 11.8 Å². The summed E-state index contributed by atoms with van der Waals surface area (Å²) in [6.07, 6.45) is 3.47. The van der Waals surface area contributed by atoms with E-state index in [0.29, 0.717) is 6.54 Å². The summed E-state index contributed by atoms with van der Waals surface area (Å²) in [4.78, 5) is 12.1. The molecule has 0 atom stereocenters. The molecule has 4 nitrogen and oxygen atoms in total. The highest BCUT2D eigenvalue weighted by Gasteiger charge is 2.12. The van der Waals surface area contributed by atoms with Crippen LogP contribution in [0.15, 0.2) is 35.3 Å². The SMILES string of the molecule is Cc1ccn(CCc2ccc3c(c2)CCO3)c(=O)c1C#N. The average Bonchev–Trinajstić information content (AvgIpc) is 2.94. The molecular weight excluding hydrogens is 264 g/mol. The topological polar surface area (TPSA) is 55.0 Å². The minimum atomic E-state index is -0.206. The first-order valence-corrected chi connectivity index (χ1v) is 7.04. The van der Waals surface area contributed by atoms with Gasteiger partial charge in [-0.05, 0) is 42.2 Å². The number of pyridine rings is 1. The van der Waals surface area contributed by atoms with Gasteiger partial charge in [0.15, 0.2) is 0 Å². The first-order chi connectivity index (χ1) is 10.2. The Bertz CT molecular complexity index is 784. The van der Waals surface area contributed by atoms with E-state index in [9.17, 15) is 4.79 Å². The molecule has 0 saturated heterocycles. The molecule has 1 aromatic carbocycles. The van der Waals surface area contributed by atoms with Crippen molar-refractivity contribution in [2.24, 2.45) is 0 Å². The second-order valence-electron chi connectivity index (χ2n) is 5.27. The molecule has 106 valence electrons. The molecule has 21 heavy (non-hydrogen) atoms. The first kappa shape index (κ1) is 13.4. The van der Waals surface area contributed by atoms with Crippen LogP contribution in [-0.4, -0.2) is 11.2 Å². The standard InChI is InChI=1S/C17H16N2O2/c1-12-4-7-19(17(20)15(12)11-18)8-5-13-2-3-16-14(10-13)6-9-21-16/h2-4,7,10H,5-6,8-9H2,1H3. The van der Waals surface area contributed by atoms with Gasteiger partial charge >= 0.3 is 0 Å². The highest BCUT2D eigenvalue weighted by molar-refractivity contribution is 5.40. The number of nitrogens with zero attached hydrogens (tertiary/aromatic N) is 2. The van der Waals surface area contributed by atoms with Crippen LogP contribution < -0.4 is 10.3 Å². The van der Waals surface area contributed by atoms with Gasteiger partial charge in [-0.25, -0.2) is 0 Å². The summed E-state index contributed by atoms with van der Waals surface area (Å²) in [5.74, 6) is 0.970. The van der Waals surface area contributed by atoms with Gasteiger partial charge < -0.3 is 9.30 Å². The minimum absolute atomic E-state index is 0.206. The molecule has 3 rings (SSSR count). The van der Waals surface area contributed by atoms with Crippen molar-refractivity contribution >= 4 is 0 Å². The number of aryl methyl sites for hydroxylation is 3. The van der Waals surface area contributed by atoms with E-state index in [0.717, 1.165) is 30.8 Å². The lowest BCUT2D eigenvalue weighted by Crippen LogP contribution is -2.23. The van der Waals surface area contributed by atoms with Crippen molar-refractivity contribution in [3.05, 3.63) is 63.1 Å². The minimum Gasteiger partial charge on any atom is -0.493 e. The Kier molecular flexibility index (Phi) is 3.49. The number of hydrogen-bond donors (Lipinski definition) is 0. The summed E-state index contributed by atoms with van der Waals surface area (Å²) in [6, 6.07) is 9.98. The normalized spacial score (nSPS) is 12.6. The van der Waals surface area contributed by atoms with Crippen LogP contribution >= 0.6 is 0 Å². The van der Waals surface area contributed by atoms with Crippen molar-refractivity contribution in [1.82, 2.24) is 4.57 Å². The lowest BCUT2D eigenvalue weighted by atomic mass is 10.1. The van der Waals surface area contributed by atoms with Gasteiger partial charge in [-0.1, -0.05) is 12.1 Å². The summed E-state index contributed by atoms with van der Waals surface area (Å²) >= 11 is 0. The number of fused-ring (bicyclic) bond motifs is 1. The van der Waals surface area contributed by atoms with E-state index in [1.165, 1.54) is 11.1 Å². The van der Waals surface area contributed by atoms with E-state index in [1.807, 2.05) is 24.3 Å². The summed E-state index contributed by atoms with van der Waals surface area (Å²) in [6.45, 7) is 3.11. The molecule has 4 heteroatoms. The third kappa shape index (κ3) is 2.55. The van der Waals surface area contributed by atoms with E-state index in [2.05, 4.69) is 6.07 Å². The third-order valence-corrected chi connectivity index (χ3v) is 3.88. The predicted molar refractivity (Wildman–Crippen MR) is 79.5 cm³/mol. The molecule has 1 aliphatic heterocycles. The number of hydrogen-bond acceptors (Lipinski definition) is 3. The van der Waals surface area contributed by atoms with Crippen molar-refractivity contribution in [2.45, 2.75) is 26.3 Å². The molecular formula is C17H16N2O2. The van der Waals surface area contributed by atoms with E-state index < -0.39 is 0 Å². The van der Waals surface area contributed by atoms with Gasteiger partial charge in [0.1, 0.15) is 17.4 Å². The Morgan fingerprint density at radius 2 is 2.24 bits per heavy atom. The molecule has 0 bridgehead atoms. The molecule has 0 unspecified atom stereocenters. The maximum atomic E-state index is 12.1. The monoisotopic (exact) mass is 280 g/mol. The van der Waals surface area contributed by atoms with Gasteiger partial charge in [-0.15, -0.1) is 0 Å². The van der Waals surface area contributed by atoms with E-state index in [4.69, 9.17) is 10.00 Å². The molecule has 0 spiro atoms. The zero-order valence-corrected chi connectivity index (χ0v) is 11.9. The van der Waals surface area contributed by atoms with Crippen LogP contribution in [0.2, 0.25) is 0 Å². The number of aromatic nitrogens is 1. The lowest BCUT2D eigenvalue weighted by molar-refractivity contribution is 0.357. The number of nitriles is 1. The smallest absolute Gasteiger partial charge is 0.268 e. The summed E-state index contributed by atoms with van der Waals surface area (Å²) < 4.78 is 7.09. The van der Waals surface area contributed by atoms with Crippen molar-refractivity contribution in [1.29, 1.82) is 5.26 Å². The molecule has 2 aromatic rings. The zero-order chi connectivity index (χ0) is 14.8. The van der Waals surface area contributed by atoms with Gasteiger partial charge in [-0.2, -0.15) is 5.26 Å². The second kappa shape index (κ2) is 5.45. The van der Waals surface area contributed by atoms with E-state index in [1.54, 1.807) is 17.7 Å². The average molecular weight is 280 g/mol. The summed E-state index contributed by atoms with van der Waals surface area (Å²) in [5.41, 5.74) is 3.18. The molecule has 1 aliphatic rings. The third-order valence-electron chi connectivity index (χ3n) is 3.88. The van der Waals surface area contributed by atoms with Crippen molar-refractivity contribution < 1.29 is 4.74 Å². The summed E-state index contributed by atoms with van der Waals surface area (Å²) in [7, 11) is 0. The fourth-order valence-corrected chi connectivity index (χ4v) is 2.62. The Hall–Kier alpha value is -2.54. The van der Waals surface area contributed by atoms with Gasteiger partial charge in [0.05, 0.1) is 6.61 Å². The van der Waals surface area contributed by atoms with E-state index >= 15 is 0 Å². The number of ether oxygens (including phenoxy) is 1. The van der Waals surface area contributed by atoms with E-state index in [-0.39, 0.29) is 11.1 Å². The van der Waals surface area contributed by atoms with Crippen LogP contribution in [0, 0.1) is 18.3 Å². The Morgan fingerprint density at radius 1 is 1.38 bits per heavy atom. The Balaban J connectivity index is 1.80. The fraction of sp³-hybridized carbons (Fsp3) is 0.294. The van der Waals surface area contributed by atoms with Crippen molar-refractivity contribution in [2.75, 3.05) is 6.61 Å². The molecule has 0 radical (unpaired) electrons. The van der Waals surface area contributed by atoms with Crippen LogP contribution in [0.3, 0.4) is 0 Å². The van der Waals surface area contributed by atoms with Crippen LogP contribution in [0.25, 0.3) is 0 Å². The molecule has 0 N–H and O–H groups in total. The molecule has 0 aliphatic carbocycles. The molecule has 1 aromatic heterocycles. The first-order valence-electron chi connectivity index (χ1n) is 7.04. The Labute approximate surface area is 123 Å². The molecule has 0 saturated carbocycles. The Morgan fingerprint density at radius 3 is 3.05 bits per heavy atom. The highest BCUT2D eigenvalue weighted by Crippen LogP contribution is 2.26. The fourth-order valence-electron chi connectivity index (χ4n) is 2.62. The van der Waals surface area contributed by atoms with Crippen LogP contribution in [-0.2, 0) is 19.4 Å². The van der Waals surface area contributed by atoms with Gasteiger partial charge in [0.2, 0.25) is 0 Å². The highest BCUT2D eigenvalue weighted by atomic mass is 16.5.